The van der Waals surface area contributed by atoms with E-state index in [0.29, 0.717) is 6.54 Å². The van der Waals surface area contributed by atoms with E-state index < -0.39 is 0 Å². The van der Waals surface area contributed by atoms with Crippen LogP contribution in [0.15, 0.2) is 36.9 Å². The Morgan fingerprint density at radius 2 is 2.10 bits per heavy atom. The summed E-state index contributed by atoms with van der Waals surface area (Å²) in [5.41, 5.74) is 8.47. The number of aromatic nitrogens is 3. The van der Waals surface area contributed by atoms with Crippen LogP contribution >= 0.6 is 0 Å². The van der Waals surface area contributed by atoms with Gasteiger partial charge in [-0.15, -0.1) is 0 Å². The van der Waals surface area contributed by atoms with E-state index in [9.17, 15) is 0 Å². The van der Waals surface area contributed by atoms with Crippen molar-refractivity contribution in [3.05, 3.63) is 48.0 Å². The lowest BCUT2D eigenvalue weighted by atomic mass is 10.1. The summed E-state index contributed by atoms with van der Waals surface area (Å²) in [6.07, 6.45) is 9.82. The average molecular weight is 287 g/mol. The standard InChI is InChI=1S/C16H25N5/c1-3-9-21-13-15(12-19-21)16(11-17)20(2)10-6-14-4-7-18-8-5-14/h4-5,7-8,12-13,16H,3,6,9-11,17H2,1-2H3. The van der Waals surface area contributed by atoms with Crippen LogP contribution in [0.5, 0.6) is 0 Å². The third-order valence-corrected chi connectivity index (χ3v) is 3.75. The van der Waals surface area contributed by atoms with Gasteiger partial charge in [0.05, 0.1) is 6.20 Å². The minimum Gasteiger partial charge on any atom is -0.329 e. The number of nitrogens with two attached hydrogens (primary N) is 1. The summed E-state index contributed by atoms with van der Waals surface area (Å²) in [6.45, 7) is 4.68. The van der Waals surface area contributed by atoms with Crippen molar-refractivity contribution in [3.8, 4) is 0 Å². The van der Waals surface area contributed by atoms with Crippen LogP contribution < -0.4 is 5.73 Å². The molecule has 0 amide bonds. The second-order valence-corrected chi connectivity index (χ2v) is 5.37. The number of pyridine rings is 1. The first kappa shape index (κ1) is 15.7. The van der Waals surface area contributed by atoms with E-state index in [1.807, 2.05) is 23.3 Å². The first-order valence-electron chi connectivity index (χ1n) is 7.56. The first-order chi connectivity index (χ1) is 10.2. The molecule has 0 saturated carbocycles. The van der Waals surface area contributed by atoms with Crippen molar-refractivity contribution in [3.63, 3.8) is 0 Å². The summed E-state index contributed by atoms with van der Waals surface area (Å²) in [5.74, 6) is 0. The van der Waals surface area contributed by atoms with E-state index in [0.717, 1.165) is 25.9 Å². The van der Waals surface area contributed by atoms with Gasteiger partial charge in [0.2, 0.25) is 0 Å². The monoisotopic (exact) mass is 287 g/mol. The Balaban J connectivity index is 1.95. The fourth-order valence-electron chi connectivity index (χ4n) is 2.48. The van der Waals surface area contributed by atoms with Gasteiger partial charge in [0, 0.05) is 49.8 Å². The van der Waals surface area contributed by atoms with Crippen molar-refractivity contribution in [2.75, 3.05) is 20.1 Å². The van der Waals surface area contributed by atoms with Crippen LogP contribution in [-0.4, -0.2) is 39.8 Å². The molecule has 0 saturated heterocycles. The zero-order valence-corrected chi connectivity index (χ0v) is 12.9. The fraction of sp³-hybridized carbons (Fsp3) is 0.500. The highest BCUT2D eigenvalue weighted by molar-refractivity contribution is 5.13. The molecule has 2 N–H and O–H groups in total. The number of hydrogen-bond donors (Lipinski definition) is 1. The van der Waals surface area contributed by atoms with Gasteiger partial charge >= 0.3 is 0 Å². The molecule has 0 bridgehead atoms. The zero-order chi connectivity index (χ0) is 15.1. The van der Waals surface area contributed by atoms with Gasteiger partial charge in [-0.05, 0) is 37.6 Å². The molecule has 1 unspecified atom stereocenters. The van der Waals surface area contributed by atoms with E-state index in [-0.39, 0.29) is 6.04 Å². The van der Waals surface area contributed by atoms with E-state index in [4.69, 9.17) is 5.73 Å². The first-order valence-corrected chi connectivity index (χ1v) is 7.56. The Morgan fingerprint density at radius 1 is 1.33 bits per heavy atom. The highest BCUT2D eigenvalue weighted by atomic mass is 15.3. The molecule has 0 aliphatic carbocycles. The molecular weight excluding hydrogens is 262 g/mol. The maximum absolute atomic E-state index is 5.97. The Hall–Kier alpha value is -1.72. The SMILES string of the molecule is CCCn1cc(C(CN)N(C)CCc2ccncc2)cn1. The molecule has 2 rings (SSSR count). The second kappa shape index (κ2) is 7.90. The molecule has 1 atom stereocenters. The summed E-state index contributed by atoms with van der Waals surface area (Å²) in [6, 6.07) is 4.34. The zero-order valence-electron chi connectivity index (χ0n) is 12.9. The molecule has 2 aromatic heterocycles. The molecule has 0 spiro atoms. The van der Waals surface area contributed by atoms with Crippen LogP contribution in [0, 0.1) is 0 Å². The summed E-state index contributed by atoms with van der Waals surface area (Å²) < 4.78 is 1.99. The van der Waals surface area contributed by atoms with Gasteiger partial charge in [0.15, 0.2) is 0 Å². The predicted molar refractivity (Wildman–Crippen MR) is 84.9 cm³/mol. The minimum atomic E-state index is 0.220. The smallest absolute Gasteiger partial charge is 0.0538 e. The second-order valence-electron chi connectivity index (χ2n) is 5.37. The Bertz CT molecular complexity index is 522. The summed E-state index contributed by atoms with van der Waals surface area (Å²) in [7, 11) is 2.12. The Labute approximate surface area is 126 Å². The highest BCUT2D eigenvalue weighted by Crippen LogP contribution is 2.18. The van der Waals surface area contributed by atoms with E-state index >= 15 is 0 Å². The van der Waals surface area contributed by atoms with Crippen LogP contribution in [0.1, 0.15) is 30.5 Å². The van der Waals surface area contributed by atoms with Crippen molar-refractivity contribution in [1.29, 1.82) is 0 Å². The number of rotatable bonds is 8. The van der Waals surface area contributed by atoms with E-state index in [1.165, 1.54) is 11.1 Å². The van der Waals surface area contributed by atoms with Crippen molar-refractivity contribution in [1.82, 2.24) is 19.7 Å². The lowest BCUT2D eigenvalue weighted by Gasteiger charge is -2.26. The molecule has 114 valence electrons. The van der Waals surface area contributed by atoms with Gasteiger partial charge in [-0.1, -0.05) is 6.92 Å². The molecule has 2 aromatic rings. The third kappa shape index (κ3) is 4.37. The predicted octanol–water partition coefficient (Wildman–Crippen LogP) is 1.86. The summed E-state index contributed by atoms with van der Waals surface area (Å²) >= 11 is 0. The number of likely N-dealkylation sites (N-methyl/N-ethyl adjacent to an activating group) is 1. The molecule has 0 aromatic carbocycles. The van der Waals surface area contributed by atoms with Crippen LogP contribution in [-0.2, 0) is 13.0 Å². The normalized spacial score (nSPS) is 12.8. The third-order valence-electron chi connectivity index (χ3n) is 3.75. The van der Waals surface area contributed by atoms with Gasteiger partial charge in [-0.3, -0.25) is 14.6 Å². The number of nitrogens with zero attached hydrogens (tertiary/aromatic N) is 4. The van der Waals surface area contributed by atoms with Gasteiger partial charge in [0.25, 0.3) is 0 Å². The van der Waals surface area contributed by atoms with Crippen LogP contribution in [0.3, 0.4) is 0 Å². The Morgan fingerprint density at radius 3 is 2.76 bits per heavy atom. The molecule has 5 heteroatoms. The van der Waals surface area contributed by atoms with E-state index in [1.54, 1.807) is 0 Å². The molecule has 5 nitrogen and oxygen atoms in total. The van der Waals surface area contributed by atoms with Crippen molar-refractivity contribution >= 4 is 0 Å². The molecule has 0 aliphatic rings. The average Bonchev–Trinajstić information content (AvgIpc) is 2.96. The van der Waals surface area contributed by atoms with Gasteiger partial charge < -0.3 is 5.73 Å². The van der Waals surface area contributed by atoms with Crippen LogP contribution in [0.25, 0.3) is 0 Å². The van der Waals surface area contributed by atoms with Crippen molar-refractivity contribution in [2.45, 2.75) is 32.4 Å². The number of hydrogen-bond acceptors (Lipinski definition) is 4. The molecule has 0 radical (unpaired) electrons. The molecule has 0 fully saturated rings. The van der Waals surface area contributed by atoms with Gasteiger partial charge in [0.1, 0.15) is 0 Å². The molecule has 2 heterocycles. The Kier molecular flexibility index (Phi) is 5.90. The fourth-order valence-corrected chi connectivity index (χ4v) is 2.48. The van der Waals surface area contributed by atoms with E-state index in [2.05, 4.69) is 47.3 Å². The quantitative estimate of drug-likeness (QED) is 0.805. The maximum Gasteiger partial charge on any atom is 0.0538 e. The molecule has 21 heavy (non-hydrogen) atoms. The van der Waals surface area contributed by atoms with Crippen LogP contribution in [0.2, 0.25) is 0 Å². The number of aryl methyl sites for hydroxylation is 1. The lowest BCUT2D eigenvalue weighted by Crippen LogP contribution is -2.32. The van der Waals surface area contributed by atoms with Gasteiger partial charge in [-0.2, -0.15) is 5.10 Å². The molecular formula is C16H25N5. The van der Waals surface area contributed by atoms with Crippen molar-refractivity contribution < 1.29 is 0 Å². The maximum atomic E-state index is 5.97. The highest BCUT2D eigenvalue weighted by Gasteiger charge is 2.17. The van der Waals surface area contributed by atoms with Gasteiger partial charge in [-0.25, -0.2) is 0 Å². The van der Waals surface area contributed by atoms with Crippen LogP contribution in [0.4, 0.5) is 0 Å². The molecule has 0 aliphatic heterocycles. The van der Waals surface area contributed by atoms with Crippen molar-refractivity contribution in [2.24, 2.45) is 5.73 Å². The topological polar surface area (TPSA) is 60.0 Å². The summed E-state index contributed by atoms with van der Waals surface area (Å²) in [4.78, 5) is 6.35. The lowest BCUT2D eigenvalue weighted by molar-refractivity contribution is 0.253. The largest absolute Gasteiger partial charge is 0.329 e. The summed E-state index contributed by atoms with van der Waals surface area (Å²) in [5, 5.41) is 4.40. The minimum absolute atomic E-state index is 0.220.